The molecule has 3 aromatic rings. The number of aromatic nitrogens is 3. The molecular formula is C19H15F3N4O4. The van der Waals surface area contributed by atoms with Gasteiger partial charge in [0.05, 0.1) is 13.7 Å². The van der Waals surface area contributed by atoms with Crippen molar-refractivity contribution in [3.63, 3.8) is 0 Å². The molecule has 11 heteroatoms. The molecule has 0 aliphatic heterocycles. The van der Waals surface area contributed by atoms with Crippen molar-refractivity contribution >= 4 is 17.6 Å². The van der Waals surface area contributed by atoms with E-state index in [0.29, 0.717) is 11.4 Å². The highest BCUT2D eigenvalue weighted by Gasteiger charge is 2.18. The minimum atomic E-state index is -1.64. The predicted molar refractivity (Wildman–Crippen MR) is 99.7 cm³/mol. The Hall–Kier alpha value is -3.89. The summed E-state index contributed by atoms with van der Waals surface area (Å²) in [5.41, 5.74) is -0.857. The Morgan fingerprint density at radius 2 is 1.87 bits per heavy atom. The summed E-state index contributed by atoms with van der Waals surface area (Å²) in [5, 5.41) is 15.7. The molecule has 1 aromatic heterocycles. The maximum Gasteiger partial charge on any atom is 0.362 e. The maximum absolute atomic E-state index is 13.6. The molecule has 0 aliphatic carbocycles. The predicted octanol–water partition coefficient (Wildman–Crippen LogP) is 2.86. The summed E-state index contributed by atoms with van der Waals surface area (Å²) < 4.78 is 46.4. The third-order valence-corrected chi connectivity index (χ3v) is 4.14. The number of anilines is 2. The van der Waals surface area contributed by atoms with Gasteiger partial charge in [-0.05, 0) is 36.2 Å². The van der Waals surface area contributed by atoms with Crippen LogP contribution in [0.3, 0.4) is 0 Å². The van der Waals surface area contributed by atoms with Crippen LogP contribution in [0.25, 0.3) is 0 Å². The minimum absolute atomic E-state index is 0.0638. The lowest BCUT2D eigenvalue weighted by molar-refractivity contribution is 0.0685. The number of hydrogen-bond acceptors (Lipinski definition) is 6. The van der Waals surface area contributed by atoms with Gasteiger partial charge in [0.1, 0.15) is 5.75 Å². The minimum Gasteiger partial charge on any atom is -0.497 e. The lowest BCUT2D eigenvalue weighted by Crippen LogP contribution is -2.27. The second-order valence-corrected chi connectivity index (χ2v) is 6.23. The number of carboxylic acid groups (broad SMARTS) is 1. The number of halogens is 3. The van der Waals surface area contributed by atoms with E-state index in [4.69, 9.17) is 9.84 Å². The van der Waals surface area contributed by atoms with Gasteiger partial charge in [-0.1, -0.05) is 6.07 Å². The fraction of sp³-hybridized carbons (Fsp3) is 0.158. The molecule has 0 saturated heterocycles. The van der Waals surface area contributed by atoms with E-state index in [1.54, 1.807) is 25.1 Å². The van der Waals surface area contributed by atoms with Gasteiger partial charge in [-0.15, -0.1) is 0 Å². The number of nitrogens with one attached hydrogen (secondary N) is 1. The second-order valence-electron chi connectivity index (χ2n) is 6.23. The highest BCUT2D eigenvalue weighted by molar-refractivity contribution is 5.84. The number of aromatic carboxylic acids is 1. The van der Waals surface area contributed by atoms with Gasteiger partial charge in [0.25, 0.3) is 0 Å². The van der Waals surface area contributed by atoms with E-state index in [1.165, 1.54) is 7.11 Å². The Bertz CT molecular complexity index is 1170. The summed E-state index contributed by atoms with van der Waals surface area (Å²) in [6, 6.07) is 6.51. The molecule has 8 nitrogen and oxygen atoms in total. The molecule has 0 saturated carbocycles. The van der Waals surface area contributed by atoms with Gasteiger partial charge < -0.3 is 15.2 Å². The lowest BCUT2D eigenvalue weighted by Gasteiger charge is -2.15. The van der Waals surface area contributed by atoms with Crippen LogP contribution in [0.1, 0.15) is 21.6 Å². The fourth-order valence-corrected chi connectivity index (χ4v) is 2.61. The SMILES string of the molecule is COc1ccc(C)c(Nc2nc(=O)c(C(=O)O)nn2Cc2cc(F)c(F)c(F)c2)c1. The Kier molecular flexibility index (Phi) is 5.72. The fourth-order valence-electron chi connectivity index (χ4n) is 2.61. The van der Waals surface area contributed by atoms with Crippen molar-refractivity contribution in [1.82, 2.24) is 14.8 Å². The van der Waals surface area contributed by atoms with E-state index in [9.17, 15) is 22.8 Å². The summed E-state index contributed by atoms with van der Waals surface area (Å²) in [7, 11) is 1.46. The van der Waals surface area contributed by atoms with Crippen LogP contribution in [0.4, 0.5) is 24.8 Å². The molecule has 0 bridgehead atoms. The normalized spacial score (nSPS) is 10.7. The number of carboxylic acids is 1. The molecule has 0 unspecified atom stereocenters. The van der Waals surface area contributed by atoms with Gasteiger partial charge in [-0.25, -0.2) is 22.6 Å². The molecule has 156 valence electrons. The van der Waals surface area contributed by atoms with Crippen molar-refractivity contribution in [1.29, 1.82) is 0 Å². The average Bonchev–Trinajstić information content (AvgIpc) is 2.69. The van der Waals surface area contributed by atoms with Crippen molar-refractivity contribution in [2.24, 2.45) is 0 Å². The third-order valence-electron chi connectivity index (χ3n) is 4.14. The van der Waals surface area contributed by atoms with Crippen LogP contribution in [0.2, 0.25) is 0 Å². The first kappa shape index (κ1) is 20.8. The van der Waals surface area contributed by atoms with Crippen LogP contribution in [0.15, 0.2) is 35.1 Å². The molecule has 0 spiro atoms. The largest absolute Gasteiger partial charge is 0.497 e. The Morgan fingerprint density at radius 3 is 2.47 bits per heavy atom. The third kappa shape index (κ3) is 4.24. The molecule has 2 N–H and O–H groups in total. The Morgan fingerprint density at radius 1 is 1.20 bits per heavy atom. The van der Waals surface area contributed by atoms with Crippen molar-refractivity contribution in [3.05, 3.63) is 75.0 Å². The second kappa shape index (κ2) is 8.23. The zero-order valence-corrected chi connectivity index (χ0v) is 15.7. The van der Waals surface area contributed by atoms with E-state index in [-0.39, 0.29) is 11.5 Å². The number of nitrogens with zero attached hydrogens (tertiary/aromatic N) is 3. The quantitative estimate of drug-likeness (QED) is 0.591. The summed E-state index contributed by atoms with van der Waals surface area (Å²) in [4.78, 5) is 27.0. The van der Waals surface area contributed by atoms with Crippen LogP contribution in [0, 0.1) is 24.4 Å². The van der Waals surface area contributed by atoms with Crippen molar-refractivity contribution < 1.29 is 27.8 Å². The zero-order chi connectivity index (χ0) is 22.0. The van der Waals surface area contributed by atoms with Gasteiger partial charge in [-0.2, -0.15) is 10.1 Å². The highest BCUT2D eigenvalue weighted by atomic mass is 19.2. The summed E-state index contributed by atoms with van der Waals surface area (Å²) >= 11 is 0. The van der Waals surface area contributed by atoms with Crippen LogP contribution >= 0.6 is 0 Å². The van der Waals surface area contributed by atoms with E-state index in [1.807, 2.05) is 0 Å². The molecule has 0 fully saturated rings. The number of methoxy groups -OCH3 is 1. The molecule has 30 heavy (non-hydrogen) atoms. The first-order chi connectivity index (χ1) is 14.2. The van der Waals surface area contributed by atoms with Gasteiger partial charge in [-0.3, -0.25) is 4.79 Å². The molecule has 0 amide bonds. The molecule has 3 rings (SSSR count). The van der Waals surface area contributed by atoms with Crippen LogP contribution in [-0.2, 0) is 6.54 Å². The van der Waals surface area contributed by atoms with Crippen LogP contribution in [-0.4, -0.2) is 33.0 Å². The maximum atomic E-state index is 13.6. The van der Waals surface area contributed by atoms with E-state index in [0.717, 1.165) is 22.4 Å². The van der Waals surface area contributed by atoms with Gasteiger partial charge in [0.15, 0.2) is 17.5 Å². The molecular weight excluding hydrogens is 405 g/mol. The monoisotopic (exact) mass is 420 g/mol. The summed E-state index contributed by atoms with van der Waals surface area (Å²) in [6.45, 7) is 1.36. The first-order valence-electron chi connectivity index (χ1n) is 8.47. The summed E-state index contributed by atoms with van der Waals surface area (Å²) in [5.74, 6) is -5.80. The van der Waals surface area contributed by atoms with Gasteiger partial charge in [0.2, 0.25) is 11.6 Å². The zero-order valence-electron chi connectivity index (χ0n) is 15.7. The van der Waals surface area contributed by atoms with E-state index < -0.39 is 41.2 Å². The van der Waals surface area contributed by atoms with Crippen LogP contribution in [0.5, 0.6) is 5.75 Å². The molecule has 0 radical (unpaired) electrons. The number of rotatable bonds is 6. The van der Waals surface area contributed by atoms with E-state index in [2.05, 4.69) is 15.4 Å². The average molecular weight is 420 g/mol. The highest BCUT2D eigenvalue weighted by Crippen LogP contribution is 2.24. The van der Waals surface area contributed by atoms with E-state index >= 15 is 0 Å². The smallest absolute Gasteiger partial charge is 0.362 e. The lowest BCUT2D eigenvalue weighted by atomic mass is 10.2. The number of aryl methyl sites for hydroxylation is 1. The first-order valence-corrected chi connectivity index (χ1v) is 8.47. The van der Waals surface area contributed by atoms with Crippen molar-refractivity contribution in [3.8, 4) is 5.75 Å². The van der Waals surface area contributed by atoms with Gasteiger partial charge >= 0.3 is 11.5 Å². The molecule has 1 heterocycles. The molecule has 2 aromatic carbocycles. The summed E-state index contributed by atoms with van der Waals surface area (Å²) in [6.07, 6.45) is 0. The molecule has 0 aliphatic rings. The number of carbonyl (C=O) groups is 1. The molecule has 0 atom stereocenters. The number of benzene rings is 2. The van der Waals surface area contributed by atoms with Gasteiger partial charge in [0, 0.05) is 11.8 Å². The Balaban J connectivity index is 2.10. The van der Waals surface area contributed by atoms with Crippen molar-refractivity contribution in [2.45, 2.75) is 13.5 Å². The topological polar surface area (TPSA) is 106 Å². The van der Waals surface area contributed by atoms with Crippen molar-refractivity contribution in [2.75, 3.05) is 12.4 Å². The standard InChI is InChI=1S/C19H15F3N4O4/c1-9-3-4-11(30-2)7-14(9)23-19-24-17(27)16(18(28)29)25-26(19)8-10-5-12(20)15(22)13(21)6-10/h3-7H,8H2,1-2H3,(H,28,29)(H,23,24,27). The number of hydrogen-bond donors (Lipinski definition) is 2. The number of ether oxygens (including phenoxy) is 1. The van der Waals surface area contributed by atoms with Crippen LogP contribution < -0.4 is 15.6 Å². The Labute approximate surface area is 167 Å².